The molecule has 7 nitrogen and oxygen atoms in total. The molecule has 0 bridgehead atoms. The van der Waals surface area contributed by atoms with Gasteiger partial charge in [0.1, 0.15) is 5.82 Å². The predicted molar refractivity (Wildman–Crippen MR) is 130 cm³/mol. The first kappa shape index (κ1) is 23.2. The normalized spacial score (nSPS) is 14.2. The molecule has 8 heteroatoms. The molecule has 0 aliphatic carbocycles. The third-order valence-electron chi connectivity index (χ3n) is 5.68. The minimum absolute atomic E-state index is 0.0317. The van der Waals surface area contributed by atoms with Gasteiger partial charge in [0.2, 0.25) is 5.91 Å². The van der Waals surface area contributed by atoms with E-state index in [0.717, 1.165) is 30.6 Å². The number of anilines is 1. The van der Waals surface area contributed by atoms with E-state index in [-0.39, 0.29) is 17.4 Å². The highest BCUT2D eigenvalue weighted by Gasteiger charge is 2.19. The highest BCUT2D eigenvalue weighted by Crippen LogP contribution is 2.21. The topological polar surface area (TPSA) is 80.1 Å². The van der Waals surface area contributed by atoms with Crippen molar-refractivity contribution < 1.29 is 9.59 Å². The van der Waals surface area contributed by atoms with E-state index in [1.54, 1.807) is 24.3 Å². The summed E-state index contributed by atoms with van der Waals surface area (Å²) in [6, 6.07) is 17.2. The van der Waals surface area contributed by atoms with Crippen LogP contribution < -0.4 is 5.32 Å². The van der Waals surface area contributed by atoms with Crippen molar-refractivity contribution in [3.63, 3.8) is 0 Å². The fourth-order valence-electron chi connectivity index (χ4n) is 3.93. The first-order valence-corrected chi connectivity index (χ1v) is 12.3. The standard InChI is InChI=1S/C25H29N5O2S/c1-19(31)21-11-8-12-22(15-21)26-24(32)18-33-25-28-27-23(17-29-13-6-3-7-14-29)30(25)16-20-9-4-2-5-10-20/h2,4-5,8-12,15H,3,6-7,13-14,16-18H2,1H3,(H,26,32). The molecule has 1 aliphatic rings. The fourth-order valence-corrected chi connectivity index (χ4v) is 4.68. The van der Waals surface area contributed by atoms with E-state index in [9.17, 15) is 9.59 Å². The second kappa shape index (κ2) is 11.2. The maximum Gasteiger partial charge on any atom is 0.234 e. The van der Waals surface area contributed by atoms with E-state index in [4.69, 9.17) is 0 Å². The van der Waals surface area contributed by atoms with Gasteiger partial charge in [0.25, 0.3) is 0 Å². The Hall–Kier alpha value is -2.97. The van der Waals surface area contributed by atoms with Gasteiger partial charge in [-0.3, -0.25) is 14.5 Å². The number of likely N-dealkylation sites (tertiary alicyclic amines) is 1. The molecule has 1 amide bonds. The minimum atomic E-state index is -0.146. The van der Waals surface area contributed by atoms with Gasteiger partial charge in [0.15, 0.2) is 10.9 Å². The van der Waals surface area contributed by atoms with Crippen LogP contribution in [0.25, 0.3) is 0 Å². The van der Waals surface area contributed by atoms with Crippen molar-refractivity contribution in [3.05, 3.63) is 71.5 Å². The van der Waals surface area contributed by atoms with Crippen molar-refractivity contribution in [1.82, 2.24) is 19.7 Å². The van der Waals surface area contributed by atoms with Crippen molar-refractivity contribution in [2.75, 3.05) is 24.2 Å². The molecule has 1 aliphatic heterocycles. The molecule has 0 saturated carbocycles. The summed E-state index contributed by atoms with van der Waals surface area (Å²) >= 11 is 1.38. The summed E-state index contributed by atoms with van der Waals surface area (Å²) in [5.74, 6) is 0.960. The van der Waals surface area contributed by atoms with Gasteiger partial charge < -0.3 is 9.88 Å². The number of nitrogens with zero attached hydrogens (tertiary/aromatic N) is 4. The van der Waals surface area contributed by atoms with Crippen molar-refractivity contribution in [3.8, 4) is 0 Å². The molecule has 1 N–H and O–H groups in total. The maximum absolute atomic E-state index is 12.6. The van der Waals surface area contributed by atoms with Crippen molar-refractivity contribution in [2.45, 2.75) is 44.4 Å². The Balaban J connectivity index is 1.45. The van der Waals surface area contributed by atoms with Gasteiger partial charge in [0.05, 0.1) is 18.8 Å². The monoisotopic (exact) mass is 463 g/mol. The zero-order valence-electron chi connectivity index (χ0n) is 18.9. The molecule has 2 aromatic carbocycles. The molecule has 4 rings (SSSR count). The van der Waals surface area contributed by atoms with Crippen LogP contribution in [0.2, 0.25) is 0 Å². The maximum atomic E-state index is 12.6. The molecular weight excluding hydrogens is 434 g/mol. The number of hydrogen-bond donors (Lipinski definition) is 1. The second-order valence-electron chi connectivity index (χ2n) is 8.28. The largest absolute Gasteiger partial charge is 0.325 e. The smallest absolute Gasteiger partial charge is 0.234 e. The molecule has 0 unspecified atom stereocenters. The van der Waals surface area contributed by atoms with Crippen LogP contribution in [0.1, 0.15) is 47.9 Å². The van der Waals surface area contributed by atoms with Gasteiger partial charge in [-0.1, -0.05) is 60.6 Å². The minimum Gasteiger partial charge on any atom is -0.325 e. The number of ketones is 1. The molecule has 0 radical (unpaired) electrons. The first-order chi connectivity index (χ1) is 16.1. The van der Waals surface area contributed by atoms with Crippen LogP contribution >= 0.6 is 11.8 Å². The van der Waals surface area contributed by atoms with E-state index in [1.165, 1.54) is 43.5 Å². The Bertz CT molecular complexity index is 1090. The molecule has 1 aromatic heterocycles. The fraction of sp³-hybridized carbons (Fsp3) is 0.360. The van der Waals surface area contributed by atoms with Gasteiger partial charge >= 0.3 is 0 Å². The number of carbonyl (C=O) groups is 2. The number of rotatable bonds is 9. The van der Waals surface area contributed by atoms with Gasteiger partial charge in [-0.25, -0.2) is 0 Å². The number of thioether (sulfide) groups is 1. The van der Waals surface area contributed by atoms with Crippen LogP contribution in [0.5, 0.6) is 0 Å². The van der Waals surface area contributed by atoms with Crippen LogP contribution in [0.3, 0.4) is 0 Å². The summed E-state index contributed by atoms with van der Waals surface area (Å²) in [6.07, 6.45) is 3.73. The quantitative estimate of drug-likeness (QED) is 0.378. The number of hydrogen-bond acceptors (Lipinski definition) is 6. The number of nitrogens with one attached hydrogen (secondary N) is 1. The van der Waals surface area contributed by atoms with E-state index in [1.807, 2.05) is 18.2 Å². The molecule has 3 aromatic rings. The zero-order chi connectivity index (χ0) is 23.0. The van der Waals surface area contributed by atoms with Gasteiger partial charge in [0, 0.05) is 11.3 Å². The van der Waals surface area contributed by atoms with E-state index in [0.29, 0.717) is 17.8 Å². The summed E-state index contributed by atoms with van der Waals surface area (Å²) < 4.78 is 2.12. The number of Topliss-reactive ketones (excluding diaryl/α,β-unsaturated/α-hetero) is 1. The summed E-state index contributed by atoms with van der Waals surface area (Å²) in [4.78, 5) is 26.6. The lowest BCUT2D eigenvalue weighted by Gasteiger charge is -2.26. The lowest BCUT2D eigenvalue weighted by molar-refractivity contribution is -0.113. The number of benzene rings is 2. The van der Waals surface area contributed by atoms with Crippen LogP contribution in [0.15, 0.2) is 59.8 Å². The highest BCUT2D eigenvalue weighted by atomic mass is 32.2. The van der Waals surface area contributed by atoms with Gasteiger partial charge in [-0.2, -0.15) is 0 Å². The van der Waals surface area contributed by atoms with Crippen molar-refractivity contribution in [2.24, 2.45) is 0 Å². The Morgan fingerprint density at radius 2 is 1.76 bits per heavy atom. The van der Waals surface area contributed by atoms with E-state index < -0.39 is 0 Å². The molecule has 33 heavy (non-hydrogen) atoms. The number of carbonyl (C=O) groups excluding carboxylic acids is 2. The molecule has 172 valence electrons. The Morgan fingerprint density at radius 3 is 2.52 bits per heavy atom. The Morgan fingerprint density at radius 1 is 0.970 bits per heavy atom. The third-order valence-corrected chi connectivity index (χ3v) is 6.64. The lowest BCUT2D eigenvalue weighted by Crippen LogP contribution is -2.30. The van der Waals surface area contributed by atoms with E-state index in [2.05, 4.69) is 37.1 Å². The van der Waals surface area contributed by atoms with Crippen LogP contribution in [-0.4, -0.2) is 50.2 Å². The molecule has 1 fully saturated rings. The third kappa shape index (κ3) is 6.52. The molecule has 0 spiro atoms. The van der Waals surface area contributed by atoms with Gasteiger partial charge in [-0.05, 0) is 50.6 Å². The summed E-state index contributed by atoms with van der Waals surface area (Å²) in [5, 5.41) is 12.5. The van der Waals surface area contributed by atoms with Gasteiger partial charge in [-0.15, -0.1) is 10.2 Å². The Labute approximate surface area is 198 Å². The SMILES string of the molecule is CC(=O)c1cccc(NC(=O)CSc2nnc(CN3CCCCC3)n2Cc2ccccc2)c1. The molecule has 2 heterocycles. The molecular formula is C25H29N5O2S. The summed E-state index contributed by atoms with van der Waals surface area (Å²) in [7, 11) is 0. The first-order valence-electron chi connectivity index (χ1n) is 11.3. The van der Waals surface area contributed by atoms with Crippen LogP contribution in [-0.2, 0) is 17.9 Å². The lowest BCUT2D eigenvalue weighted by atomic mass is 10.1. The second-order valence-corrected chi connectivity index (χ2v) is 9.22. The summed E-state index contributed by atoms with van der Waals surface area (Å²) in [5.41, 5.74) is 2.36. The average Bonchev–Trinajstić information content (AvgIpc) is 3.20. The summed E-state index contributed by atoms with van der Waals surface area (Å²) in [6.45, 7) is 5.12. The Kier molecular flexibility index (Phi) is 7.91. The predicted octanol–water partition coefficient (Wildman–Crippen LogP) is 4.25. The zero-order valence-corrected chi connectivity index (χ0v) is 19.7. The van der Waals surface area contributed by atoms with Crippen molar-refractivity contribution in [1.29, 1.82) is 0 Å². The number of amides is 1. The van der Waals surface area contributed by atoms with E-state index >= 15 is 0 Å². The number of aromatic nitrogens is 3. The molecule has 0 atom stereocenters. The van der Waals surface area contributed by atoms with Crippen LogP contribution in [0, 0.1) is 0 Å². The van der Waals surface area contributed by atoms with Crippen molar-refractivity contribution >= 4 is 29.1 Å². The highest BCUT2D eigenvalue weighted by molar-refractivity contribution is 7.99. The van der Waals surface area contributed by atoms with Crippen LogP contribution in [0.4, 0.5) is 5.69 Å². The number of piperidine rings is 1. The average molecular weight is 464 g/mol. The molecule has 1 saturated heterocycles.